The largest absolute Gasteiger partial charge is 0.458 e. The number of rotatable bonds is 2. The molecule has 7 nitrogen and oxygen atoms in total. The van der Waals surface area contributed by atoms with Crippen molar-refractivity contribution in [3.05, 3.63) is 17.3 Å². The van der Waals surface area contributed by atoms with Gasteiger partial charge in [-0.05, 0) is 38.5 Å². The maximum absolute atomic E-state index is 13.2. The van der Waals surface area contributed by atoms with E-state index in [0.29, 0.717) is 25.4 Å². The van der Waals surface area contributed by atoms with E-state index in [1.165, 1.54) is 0 Å². The van der Waals surface area contributed by atoms with Crippen LogP contribution in [0.4, 0.5) is 0 Å². The highest BCUT2D eigenvalue weighted by molar-refractivity contribution is 5.88. The predicted molar refractivity (Wildman–Crippen MR) is 93.8 cm³/mol. The Bertz CT molecular complexity index is 746. The van der Waals surface area contributed by atoms with E-state index in [-0.39, 0.29) is 24.2 Å². The van der Waals surface area contributed by atoms with Crippen molar-refractivity contribution in [3.63, 3.8) is 0 Å². The van der Waals surface area contributed by atoms with Gasteiger partial charge in [-0.3, -0.25) is 9.59 Å². The third-order valence-corrected chi connectivity index (χ3v) is 6.70. The Balaban J connectivity index is 1.32. The van der Waals surface area contributed by atoms with Crippen LogP contribution in [0.5, 0.6) is 0 Å². The van der Waals surface area contributed by atoms with Gasteiger partial charge in [-0.25, -0.2) is 4.98 Å². The number of amides is 1. The van der Waals surface area contributed by atoms with E-state index in [2.05, 4.69) is 0 Å². The molecule has 2 saturated heterocycles. The molecule has 7 heteroatoms. The second-order valence-corrected chi connectivity index (χ2v) is 8.32. The summed E-state index contributed by atoms with van der Waals surface area (Å²) >= 11 is 0. The molecule has 3 fully saturated rings. The quantitative estimate of drug-likeness (QED) is 0.739. The summed E-state index contributed by atoms with van der Waals surface area (Å²) in [5.74, 6) is 1.51. The highest BCUT2D eigenvalue weighted by Crippen LogP contribution is 2.46. The predicted octanol–water partition coefficient (Wildman–Crippen LogP) is 2.33. The molecule has 27 heavy (non-hydrogen) atoms. The molecule has 1 unspecified atom stereocenters. The first-order valence-electron chi connectivity index (χ1n) is 10.2. The second-order valence-electron chi connectivity index (χ2n) is 8.32. The number of esters is 1. The minimum atomic E-state index is -0.550. The fraction of sp³-hybridized carbons (Fsp3) is 0.750. The van der Waals surface area contributed by atoms with Crippen molar-refractivity contribution in [3.8, 4) is 0 Å². The molecule has 1 atom stereocenters. The van der Waals surface area contributed by atoms with Gasteiger partial charge < -0.3 is 18.8 Å². The Morgan fingerprint density at radius 3 is 2.74 bits per heavy atom. The van der Waals surface area contributed by atoms with E-state index >= 15 is 0 Å². The van der Waals surface area contributed by atoms with E-state index in [4.69, 9.17) is 18.9 Å². The molecule has 0 radical (unpaired) electrons. The molecular formula is C20H26N2O5. The fourth-order valence-electron chi connectivity index (χ4n) is 5.17. The molecule has 0 N–H and O–H groups in total. The third-order valence-electron chi connectivity index (χ3n) is 6.70. The summed E-state index contributed by atoms with van der Waals surface area (Å²) in [5, 5.41) is 0. The van der Waals surface area contributed by atoms with Gasteiger partial charge in [-0.15, -0.1) is 0 Å². The smallest absolute Gasteiger partial charge is 0.307 e. The molecule has 3 aliphatic heterocycles. The van der Waals surface area contributed by atoms with Crippen molar-refractivity contribution < 1.29 is 23.5 Å². The lowest BCUT2D eigenvalue weighted by molar-refractivity contribution is -0.152. The van der Waals surface area contributed by atoms with Crippen molar-refractivity contribution in [2.24, 2.45) is 5.92 Å². The van der Waals surface area contributed by atoms with Crippen LogP contribution in [0.2, 0.25) is 0 Å². The molecule has 1 aromatic rings. The fourth-order valence-corrected chi connectivity index (χ4v) is 5.17. The lowest BCUT2D eigenvalue weighted by Crippen LogP contribution is -2.46. The number of hydrogen-bond acceptors (Lipinski definition) is 6. The van der Waals surface area contributed by atoms with E-state index in [0.717, 1.165) is 69.1 Å². The molecule has 1 aliphatic carbocycles. The first-order chi connectivity index (χ1) is 13.1. The molecule has 5 rings (SSSR count). The van der Waals surface area contributed by atoms with Crippen LogP contribution in [0.25, 0.3) is 0 Å². The molecule has 1 amide bonds. The summed E-state index contributed by atoms with van der Waals surface area (Å²) in [7, 11) is 0. The topological polar surface area (TPSA) is 81.9 Å². The van der Waals surface area contributed by atoms with Crippen molar-refractivity contribution in [1.82, 2.24) is 9.88 Å². The van der Waals surface area contributed by atoms with Crippen molar-refractivity contribution >= 4 is 11.9 Å². The average Bonchev–Trinajstić information content (AvgIpc) is 3.40. The van der Waals surface area contributed by atoms with Crippen molar-refractivity contribution in [2.75, 3.05) is 19.8 Å². The lowest BCUT2D eigenvalue weighted by atomic mass is 9.84. The zero-order valence-corrected chi connectivity index (χ0v) is 15.6. The monoisotopic (exact) mass is 374 g/mol. The summed E-state index contributed by atoms with van der Waals surface area (Å²) in [4.78, 5) is 31.8. The van der Waals surface area contributed by atoms with Crippen LogP contribution in [0, 0.1) is 5.92 Å². The van der Waals surface area contributed by atoms with Crippen LogP contribution in [0.1, 0.15) is 68.2 Å². The highest BCUT2D eigenvalue weighted by Gasteiger charge is 2.55. The molecule has 4 aliphatic rings. The number of carbonyl (C=O) groups excluding carboxylic acids is 2. The van der Waals surface area contributed by atoms with Crippen LogP contribution in [0.15, 0.2) is 4.42 Å². The van der Waals surface area contributed by atoms with Gasteiger partial charge in [-0.2, -0.15) is 0 Å². The number of oxazole rings is 1. The van der Waals surface area contributed by atoms with Crippen molar-refractivity contribution in [2.45, 2.75) is 69.4 Å². The molecule has 1 spiro atoms. The zero-order valence-electron chi connectivity index (χ0n) is 15.6. The number of fused-ring (bicyclic) bond motifs is 1. The molecule has 4 heterocycles. The Labute approximate surface area is 158 Å². The summed E-state index contributed by atoms with van der Waals surface area (Å²) in [6.45, 7) is 2.59. The summed E-state index contributed by atoms with van der Waals surface area (Å²) in [6, 6.07) is 0. The Morgan fingerprint density at radius 2 is 1.96 bits per heavy atom. The highest BCUT2D eigenvalue weighted by atomic mass is 16.6. The molecule has 0 bridgehead atoms. The van der Waals surface area contributed by atoms with E-state index < -0.39 is 5.60 Å². The minimum Gasteiger partial charge on any atom is -0.458 e. The molecule has 146 valence electrons. The van der Waals surface area contributed by atoms with Crippen molar-refractivity contribution in [1.29, 1.82) is 0 Å². The number of aromatic nitrogens is 1. The van der Waals surface area contributed by atoms with E-state index in [1.807, 2.05) is 4.90 Å². The SMILES string of the molecule is O=C1CC(C(=O)N2CCc3oc(C4CCOCC4)nc3C2)C2(CCCC2)O1. The molecule has 0 aromatic carbocycles. The second kappa shape index (κ2) is 6.62. The van der Waals surface area contributed by atoms with Gasteiger partial charge in [0.1, 0.15) is 17.1 Å². The van der Waals surface area contributed by atoms with Crippen LogP contribution in [0.3, 0.4) is 0 Å². The van der Waals surface area contributed by atoms with Gasteiger partial charge in [-0.1, -0.05) is 0 Å². The van der Waals surface area contributed by atoms with Crippen LogP contribution < -0.4 is 0 Å². The molecule has 1 saturated carbocycles. The van der Waals surface area contributed by atoms with Gasteiger partial charge in [0.25, 0.3) is 0 Å². The average molecular weight is 374 g/mol. The first-order valence-corrected chi connectivity index (χ1v) is 10.2. The maximum atomic E-state index is 13.2. The first kappa shape index (κ1) is 17.2. The summed E-state index contributed by atoms with van der Waals surface area (Å²) in [6.07, 6.45) is 6.45. The van der Waals surface area contributed by atoms with Crippen LogP contribution in [-0.2, 0) is 32.0 Å². The maximum Gasteiger partial charge on any atom is 0.307 e. The van der Waals surface area contributed by atoms with E-state index in [9.17, 15) is 9.59 Å². The number of nitrogens with zero attached hydrogens (tertiary/aromatic N) is 2. The Kier molecular flexibility index (Phi) is 4.22. The lowest BCUT2D eigenvalue weighted by Gasteiger charge is -2.33. The standard InChI is InChI=1S/C20H26N2O5/c23-17-11-14(20(27-17)6-1-2-7-20)19(24)22-8-3-16-15(12-22)21-18(26-16)13-4-9-25-10-5-13/h13-14H,1-12H2. The number of ether oxygens (including phenoxy) is 2. The number of hydrogen-bond donors (Lipinski definition) is 0. The van der Waals surface area contributed by atoms with Gasteiger partial charge in [0, 0.05) is 32.1 Å². The summed E-state index contributed by atoms with van der Waals surface area (Å²) in [5.41, 5.74) is 0.327. The van der Waals surface area contributed by atoms with Crippen LogP contribution >= 0.6 is 0 Å². The number of carbonyl (C=O) groups is 2. The zero-order chi connectivity index (χ0) is 18.4. The normalized spacial score (nSPS) is 27.8. The van der Waals surface area contributed by atoms with Gasteiger partial charge in [0.05, 0.1) is 18.9 Å². The Morgan fingerprint density at radius 1 is 1.19 bits per heavy atom. The van der Waals surface area contributed by atoms with Gasteiger partial charge >= 0.3 is 5.97 Å². The molecule has 1 aromatic heterocycles. The summed E-state index contributed by atoms with van der Waals surface area (Å²) < 4.78 is 17.1. The van der Waals surface area contributed by atoms with Crippen LogP contribution in [-0.4, -0.2) is 47.1 Å². The minimum absolute atomic E-state index is 0.0454. The van der Waals surface area contributed by atoms with E-state index in [1.54, 1.807) is 0 Å². The molecular weight excluding hydrogens is 348 g/mol. The van der Waals surface area contributed by atoms with Gasteiger partial charge in [0.2, 0.25) is 5.91 Å². The van der Waals surface area contributed by atoms with Gasteiger partial charge in [0.15, 0.2) is 5.89 Å². The third kappa shape index (κ3) is 2.96. The Hall–Kier alpha value is -1.89.